The van der Waals surface area contributed by atoms with Gasteiger partial charge in [0.15, 0.2) is 0 Å². The minimum atomic E-state index is -0.196. The monoisotopic (exact) mass is 397 g/mol. The van der Waals surface area contributed by atoms with Crippen molar-refractivity contribution in [2.75, 3.05) is 0 Å². The highest BCUT2D eigenvalue weighted by atomic mass is 19.1. The number of phenols is 1. The van der Waals surface area contributed by atoms with E-state index in [0.29, 0.717) is 17.4 Å². The molecule has 4 nitrogen and oxygen atoms in total. The Balaban J connectivity index is 0.000000166. The number of phenolic OH excluding ortho intramolecular Hbond substituents is 1. The Morgan fingerprint density at radius 2 is 1.86 bits per heavy atom. The highest BCUT2D eigenvalue weighted by Crippen LogP contribution is 2.31. The molecule has 29 heavy (non-hydrogen) atoms. The number of aromatic nitrogens is 1. The van der Waals surface area contributed by atoms with Crippen LogP contribution in [0.15, 0.2) is 47.3 Å². The van der Waals surface area contributed by atoms with E-state index in [1.54, 1.807) is 24.3 Å². The van der Waals surface area contributed by atoms with Crippen LogP contribution in [0, 0.1) is 11.7 Å². The highest BCUT2D eigenvalue weighted by Gasteiger charge is 2.22. The van der Waals surface area contributed by atoms with Gasteiger partial charge in [-0.3, -0.25) is 4.79 Å². The Morgan fingerprint density at radius 1 is 1.10 bits per heavy atom. The molecule has 0 amide bonds. The van der Waals surface area contributed by atoms with E-state index in [-0.39, 0.29) is 23.2 Å². The second-order valence-electron chi connectivity index (χ2n) is 8.13. The summed E-state index contributed by atoms with van der Waals surface area (Å²) in [5.41, 5.74) is 2.45. The van der Waals surface area contributed by atoms with Crippen molar-refractivity contribution >= 4 is 10.9 Å². The average molecular weight is 397 g/mol. The highest BCUT2D eigenvalue weighted by molar-refractivity contribution is 5.87. The minimum absolute atomic E-state index is 0.118. The Labute approximate surface area is 170 Å². The molecule has 2 heterocycles. The fraction of sp³-hybridized carbons (Fsp3) is 0.375. The van der Waals surface area contributed by atoms with Crippen molar-refractivity contribution in [3.63, 3.8) is 0 Å². The fourth-order valence-corrected chi connectivity index (χ4v) is 3.61. The topological polar surface area (TPSA) is 62.3 Å². The molecule has 5 heteroatoms. The van der Waals surface area contributed by atoms with E-state index in [9.17, 15) is 14.3 Å². The molecular formula is C24H28FNO3. The molecule has 1 atom stereocenters. The molecule has 0 bridgehead atoms. The lowest BCUT2D eigenvalue weighted by Crippen LogP contribution is -2.27. The maximum atomic E-state index is 12.9. The van der Waals surface area contributed by atoms with Gasteiger partial charge in [-0.1, -0.05) is 33.8 Å². The molecule has 154 valence electrons. The van der Waals surface area contributed by atoms with Crippen molar-refractivity contribution in [3.05, 3.63) is 69.8 Å². The third kappa shape index (κ3) is 4.78. The average Bonchev–Trinajstić information content (AvgIpc) is 2.68. The van der Waals surface area contributed by atoms with Crippen LogP contribution in [0.3, 0.4) is 0 Å². The number of nitrogens with one attached hydrogen (secondary N) is 1. The number of hydrogen-bond acceptors (Lipinski definition) is 3. The lowest BCUT2D eigenvalue weighted by molar-refractivity contribution is 0.127. The first-order chi connectivity index (χ1) is 13.8. The molecule has 4 rings (SSSR count). The molecule has 0 saturated heterocycles. The molecule has 2 N–H and O–H groups in total. The van der Waals surface area contributed by atoms with E-state index in [1.807, 2.05) is 6.07 Å². The molecule has 3 aromatic rings. The number of rotatable bonds is 2. The summed E-state index contributed by atoms with van der Waals surface area (Å²) in [6, 6.07) is 11.5. The van der Waals surface area contributed by atoms with E-state index < -0.39 is 0 Å². The van der Waals surface area contributed by atoms with Crippen LogP contribution in [0.5, 0.6) is 11.5 Å². The van der Waals surface area contributed by atoms with Gasteiger partial charge in [0.05, 0.1) is 5.52 Å². The van der Waals surface area contributed by atoms with Gasteiger partial charge in [0, 0.05) is 11.5 Å². The van der Waals surface area contributed by atoms with Crippen molar-refractivity contribution in [1.29, 1.82) is 0 Å². The van der Waals surface area contributed by atoms with Crippen LogP contribution in [0.1, 0.15) is 51.2 Å². The van der Waals surface area contributed by atoms with Gasteiger partial charge in [-0.25, -0.2) is 4.39 Å². The van der Waals surface area contributed by atoms with Crippen molar-refractivity contribution in [2.45, 2.75) is 52.6 Å². The fourth-order valence-electron chi connectivity index (χ4n) is 3.61. The number of aromatic amines is 1. The molecule has 1 aliphatic heterocycles. The zero-order chi connectivity index (χ0) is 21.1. The lowest BCUT2D eigenvalue weighted by Gasteiger charge is -2.28. The van der Waals surface area contributed by atoms with Gasteiger partial charge in [-0.05, 0) is 66.1 Å². The Hall–Kier alpha value is -2.82. The van der Waals surface area contributed by atoms with Crippen molar-refractivity contribution in [2.24, 2.45) is 5.92 Å². The van der Waals surface area contributed by atoms with Crippen LogP contribution in [0.4, 0.5) is 4.39 Å². The summed E-state index contributed by atoms with van der Waals surface area (Å²) in [5, 5.41) is 10.5. The predicted molar refractivity (Wildman–Crippen MR) is 114 cm³/mol. The maximum Gasteiger partial charge on any atom is 0.248 e. The summed E-state index contributed by atoms with van der Waals surface area (Å²) in [6.07, 6.45) is 2.21. The zero-order valence-electron chi connectivity index (χ0n) is 17.3. The van der Waals surface area contributed by atoms with E-state index >= 15 is 0 Å². The number of halogens is 1. The number of H-pyrrole nitrogens is 1. The molecule has 0 fully saturated rings. The third-order valence-electron chi connectivity index (χ3n) is 5.27. The first kappa shape index (κ1) is 20.9. The Kier molecular flexibility index (Phi) is 6.26. The molecule has 0 spiro atoms. The number of aryl methyl sites for hydroxylation is 1. The van der Waals surface area contributed by atoms with E-state index in [2.05, 4.69) is 32.7 Å². The van der Waals surface area contributed by atoms with Crippen molar-refractivity contribution < 1.29 is 14.2 Å². The Morgan fingerprint density at radius 3 is 2.55 bits per heavy atom. The minimum Gasteiger partial charge on any atom is -0.506 e. The zero-order valence-corrected chi connectivity index (χ0v) is 17.3. The van der Waals surface area contributed by atoms with E-state index in [4.69, 9.17) is 4.74 Å². The number of aromatic hydroxyl groups is 1. The van der Waals surface area contributed by atoms with Gasteiger partial charge in [-0.15, -0.1) is 0 Å². The number of ether oxygens (including phenoxy) is 1. The summed E-state index contributed by atoms with van der Waals surface area (Å²) in [7, 11) is 0. The van der Waals surface area contributed by atoms with Crippen LogP contribution >= 0.6 is 0 Å². The van der Waals surface area contributed by atoms with E-state index in [0.717, 1.165) is 35.1 Å². The van der Waals surface area contributed by atoms with Crippen molar-refractivity contribution in [3.8, 4) is 11.5 Å². The molecule has 1 unspecified atom stereocenters. The number of hydrogen-bond donors (Lipinski definition) is 2. The Bertz CT molecular complexity index is 1060. The number of fused-ring (bicyclic) bond motifs is 2. The van der Waals surface area contributed by atoms with E-state index in [1.165, 1.54) is 12.1 Å². The maximum absolute atomic E-state index is 12.9. The van der Waals surface area contributed by atoms with Crippen LogP contribution in [0.25, 0.3) is 10.9 Å². The summed E-state index contributed by atoms with van der Waals surface area (Å²) >= 11 is 0. The van der Waals surface area contributed by atoms with Crippen LogP contribution in [-0.4, -0.2) is 16.2 Å². The standard InChI is InChI=1S/C12H15FO.C12H13NO2/c1-8(2)11-5-3-9-7-10(13)4-6-12(9)14-11;1-7(2)8-3-5-10(14)12-9(8)4-6-11(15)13-12/h4,6-8,11H,3,5H2,1-2H3;3-7,14H,1-2H3,(H,13,15). The molecular weight excluding hydrogens is 369 g/mol. The van der Waals surface area contributed by atoms with Gasteiger partial charge in [0.1, 0.15) is 23.4 Å². The summed E-state index contributed by atoms with van der Waals surface area (Å²) in [6.45, 7) is 8.46. The molecule has 0 aliphatic carbocycles. The SMILES string of the molecule is CC(C)C1CCc2cc(F)ccc2O1.CC(C)c1ccc(O)c2[nH]c(=O)ccc12. The molecule has 0 radical (unpaired) electrons. The first-order valence-corrected chi connectivity index (χ1v) is 10.1. The predicted octanol–water partition coefficient (Wildman–Crippen LogP) is 5.53. The molecule has 2 aromatic carbocycles. The van der Waals surface area contributed by atoms with Gasteiger partial charge < -0.3 is 14.8 Å². The van der Waals surface area contributed by atoms with Crippen LogP contribution in [-0.2, 0) is 6.42 Å². The smallest absolute Gasteiger partial charge is 0.248 e. The van der Waals surface area contributed by atoms with Gasteiger partial charge in [-0.2, -0.15) is 0 Å². The van der Waals surface area contributed by atoms with Gasteiger partial charge in [0.25, 0.3) is 0 Å². The van der Waals surface area contributed by atoms with Gasteiger partial charge >= 0.3 is 0 Å². The van der Waals surface area contributed by atoms with Crippen molar-refractivity contribution in [1.82, 2.24) is 4.98 Å². The quantitative estimate of drug-likeness (QED) is 0.597. The third-order valence-corrected chi connectivity index (χ3v) is 5.27. The lowest BCUT2D eigenvalue weighted by atomic mass is 9.96. The molecule has 1 aliphatic rings. The van der Waals surface area contributed by atoms with Crippen LogP contribution < -0.4 is 10.3 Å². The summed E-state index contributed by atoms with van der Waals surface area (Å²) < 4.78 is 18.7. The second-order valence-corrected chi connectivity index (χ2v) is 8.13. The first-order valence-electron chi connectivity index (χ1n) is 10.1. The second kappa shape index (κ2) is 8.68. The summed E-state index contributed by atoms with van der Waals surface area (Å²) in [4.78, 5) is 13.8. The van der Waals surface area contributed by atoms with Gasteiger partial charge in [0.2, 0.25) is 5.56 Å². The molecule has 0 saturated carbocycles. The summed E-state index contributed by atoms with van der Waals surface area (Å²) in [5.74, 6) is 1.69. The largest absolute Gasteiger partial charge is 0.506 e. The number of benzene rings is 2. The van der Waals surface area contributed by atoms with Crippen LogP contribution in [0.2, 0.25) is 0 Å². The molecule has 1 aromatic heterocycles. The normalized spacial score (nSPS) is 15.6. The number of pyridine rings is 1.